The average Bonchev–Trinajstić information content (AvgIpc) is 2.94. The van der Waals surface area contributed by atoms with Crippen LogP contribution in [0.5, 0.6) is 0 Å². The Morgan fingerprint density at radius 2 is 2.00 bits per heavy atom. The maximum Gasteiger partial charge on any atom is 0.233 e. The molecule has 0 bridgehead atoms. The fraction of sp³-hybridized carbons (Fsp3) is 0.222. The molecule has 25 heavy (non-hydrogen) atoms. The number of carbonyl (C=O) groups excluding carboxylic acids is 2. The van der Waals surface area contributed by atoms with Crippen molar-refractivity contribution in [3.05, 3.63) is 65.7 Å². The summed E-state index contributed by atoms with van der Waals surface area (Å²) in [5.74, 6) is -1.02. The van der Waals surface area contributed by atoms with Crippen molar-refractivity contribution in [1.82, 2.24) is 4.90 Å². The molecule has 130 valence electrons. The molecule has 1 aliphatic rings. The van der Waals surface area contributed by atoms with Crippen LogP contribution in [0.4, 0.5) is 14.5 Å². The first-order chi connectivity index (χ1) is 12.0. The lowest BCUT2D eigenvalue weighted by Crippen LogP contribution is -2.31. The second-order valence-electron chi connectivity index (χ2n) is 5.58. The van der Waals surface area contributed by atoms with Crippen LogP contribution in [0.15, 0.2) is 48.5 Å². The van der Waals surface area contributed by atoms with Gasteiger partial charge in [0.15, 0.2) is 0 Å². The SMILES string of the molecule is O=C(CCN1C(=O)CSC1c1ccccc1F)Nc1cccc(F)c1. The number of thioether (sulfide) groups is 1. The van der Waals surface area contributed by atoms with Crippen LogP contribution in [0.25, 0.3) is 0 Å². The van der Waals surface area contributed by atoms with E-state index >= 15 is 0 Å². The molecule has 2 aromatic rings. The summed E-state index contributed by atoms with van der Waals surface area (Å²) in [4.78, 5) is 25.6. The third kappa shape index (κ3) is 4.17. The third-order valence-electron chi connectivity index (χ3n) is 3.83. The van der Waals surface area contributed by atoms with Crippen molar-refractivity contribution >= 4 is 29.3 Å². The van der Waals surface area contributed by atoms with Crippen molar-refractivity contribution in [3.63, 3.8) is 0 Å². The monoisotopic (exact) mass is 362 g/mol. The van der Waals surface area contributed by atoms with Gasteiger partial charge in [0.25, 0.3) is 0 Å². The van der Waals surface area contributed by atoms with Crippen LogP contribution in [0.3, 0.4) is 0 Å². The lowest BCUT2D eigenvalue weighted by Gasteiger charge is -2.24. The van der Waals surface area contributed by atoms with Crippen molar-refractivity contribution in [2.24, 2.45) is 0 Å². The van der Waals surface area contributed by atoms with E-state index in [1.807, 2.05) is 0 Å². The molecule has 2 aromatic carbocycles. The van der Waals surface area contributed by atoms with Gasteiger partial charge in [-0.3, -0.25) is 9.59 Å². The predicted molar refractivity (Wildman–Crippen MR) is 93.0 cm³/mol. The minimum atomic E-state index is -0.441. The molecule has 3 rings (SSSR count). The highest BCUT2D eigenvalue weighted by Gasteiger charge is 2.34. The van der Waals surface area contributed by atoms with E-state index in [-0.39, 0.29) is 36.4 Å². The Hall–Kier alpha value is -2.41. The molecule has 1 fully saturated rings. The van der Waals surface area contributed by atoms with Crippen LogP contribution < -0.4 is 5.32 Å². The van der Waals surface area contributed by atoms with Gasteiger partial charge in [-0.05, 0) is 24.3 Å². The number of hydrogen-bond acceptors (Lipinski definition) is 3. The smallest absolute Gasteiger partial charge is 0.233 e. The summed E-state index contributed by atoms with van der Waals surface area (Å²) >= 11 is 1.34. The molecular formula is C18H16F2N2O2S. The molecule has 0 radical (unpaired) electrons. The Morgan fingerprint density at radius 3 is 2.76 bits per heavy atom. The van der Waals surface area contributed by atoms with Gasteiger partial charge in [0.2, 0.25) is 11.8 Å². The van der Waals surface area contributed by atoms with Gasteiger partial charge in [-0.25, -0.2) is 8.78 Å². The van der Waals surface area contributed by atoms with Crippen LogP contribution in [-0.2, 0) is 9.59 Å². The van der Waals surface area contributed by atoms with Crippen molar-refractivity contribution in [2.75, 3.05) is 17.6 Å². The number of halogens is 2. The quantitative estimate of drug-likeness (QED) is 0.885. The molecule has 4 nitrogen and oxygen atoms in total. The lowest BCUT2D eigenvalue weighted by molar-refractivity contribution is -0.128. The first kappa shape index (κ1) is 17.4. The molecule has 1 unspecified atom stereocenters. The number of hydrogen-bond donors (Lipinski definition) is 1. The zero-order valence-electron chi connectivity index (χ0n) is 13.2. The molecule has 0 aromatic heterocycles. The number of rotatable bonds is 5. The third-order valence-corrected chi connectivity index (χ3v) is 5.07. The second-order valence-corrected chi connectivity index (χ2v) is 6.65. The fourth-order valence-corrected chi connectivity index (χ4v) is 3.88. The van der Waals surface area contributed by atoms with Crippen molar-refractivity contribution in [2.45, 2.75) is 11.8 Å². The maximum atomic E-state index is 14.0. The zero-order valence-corrected chi connectivity index (χ0v) is 14.1. The summed E-state index contributed by atoms with van der Waals surface area (Å²) in [6, 6.07) is 11.9. The Kier molecular flexibility index (Phi) is 5.33. The van der Waals surface area contributed by atoms with Gasteiger partial charge in [0, 0.05) is 24.2 Å². The number of carbonyl (C=O) groups is 2. The van der Waals surface area contributed by atoms with E-state index in [4.69, 9.17) is 0 Å². The Bertz CT molecular complexity index is 800. The topological polar surface area (TPSA) is 49.4 Å². The Morgan fingerprint density at radius 1 is 1.20 bits per heavy atom. The van der Waals surface area contributed by atoms with Gasteiger partial charge < -0.3 is 10.2 Å². The summed E-state index contributed by atoms with van der Waals surface area (Å²) < 4.78 is 27.1. The highest BCUT2D eigenvalue weighted by molar-refractivity contribution is 8.00. The van der Waals surface area contributed by atoms with Gasteiger partial charge >= 0.3 is 0 Å². The normalized spacial score (nSPS) is 17.0. The molecule has 2 amide bonds. The summed E-state index contributed by atoms with van der Waals surface area (Å²) in [5.41, 5.74) is 0.793. The summed E-state index contributed by atoms with van der Waals surface area (Å²) in [7, 11) is 0. The number of anilines is 1. The maximum absolute atomic E-state index is 14.0. The van der Waals surface area contributed by atoms with E-state index in [2.05, 4.69) is 5.32 Å². The summed E-state index contributed by atoms with van der Waals surface area (Å²) in [6.07, 6.45) is 0.0494. The lowest BCUT2D eigenvalue weighted by atomic mass is 10.2. The molecule has 0 aliphatic carbocycles. The summed E-state index contributed by atoms with van der Waals surface area (Å²) in [6.45, 7) is 0.173. The molecule has 0 saturated carbocycles. The van der Waals surface area contributed by atoms with Crippen LogP contribution in [0.1, 0.15) is 17.4 Å². The van der Waals surface area contributed by atoms with Gasteiger partial charge in [0.1, 0.15) is 17.0 Å². The van der Waals surface area contributed by atoms with Crippen molar-refractivity contribution < 1.29 is 18.4 Å². The van der Waals surface area contributed by atoms with Gasteiger partial charge in [-0.2, -0.15) is 0 Å². The molecule has 0 spiro atoms. The second kappa shape index (κ2) is 7.65. The summed E-state index contributed by atoms with van der Waals surface area (Å²) in [5, 5.41) is 2.16. The number of nitrogens with one attached hydrogen (secondary N) is 1. The van der Waals surface area contributed by atoms with E-state index in [1.54, 1.807) is 24.3 Å². The number of amides is 2. The Labute approximate surface area is 148 Å². The largest absolute Gasteiger partial charge is 0.326 e. The van der Waals surface area contributed by atoms with E-state index in [1.165, 1.54) is 40.9 Å². The van der Waals surface area contributed by atoms with Gasteiger partial charge in [0.05, 0.1) is 5.75 Å². The van der Waals surface area contributed by atoms with E-state index < -0.39 is 11.2 Å². The highest BCUT2D eigenvalue weighted by atomic mass is 32.2. The average molecular weight is 362 g/mol. The number of nitrogens with zero attached hydrogens (tertiary/aromatic N) is 1. The molecule has 1 N–H and O–H groups in total. The van der Waals surface area contributed by atoms with E-state index in [0.29, 0.717) is 11.3 Å². The Balaban J connectivity index is 1.63. The zero-order chi connectivity index (χ0) is 17.8. The van der Waals surface area contributed by atoms with Crippen LogP contribution in [0.2, 0.25) is 0 Å². The fourth-order valence-electron chi connectivity index (χ4n) is 2.64. The predicted octanol–water partition coefficient (Wildman–Crippen LogP) is 3.57. The molecule has 1 heterocycles. The van der Waals surface area contributed by atoms with Crippen molar-refractivity contribution in [1.29, 1.82) is 0 Å². The van der Waals surface area contributed by atoms with Gasteiger partial charge in [-0.15, -0.1) is 11.8 Å². The van der Waals surface area contributed by atoms with Crippen molar-refractivity contribution in [3.8, 4) is 0 Å². The minimum Gasteiger partial charge on any atom is -0.326 e. The van der Waals surface area contributed by atoms with E-state index in [9.17, 15) is 18.4 Å². The molecule has 1 saturated heterocycles. The first-order valence-corrected chi connectivity index (χ1v) is 8.80. The van der Waals surface area contributed by atoms with E-state index in [0.717, 1.165) is 0 Å². The van der Waals surface area contributed by atoms with Crippen LogP contribution in [0, 0.1) is 11.6 Å². The van der Waals surface area contributed by atoms with Crippen LogP contribution in [-0.4, -0.2) is 29.0 Å². The minimum absolute atomic E-state index is 0.0494. The molecule has 1 aliphatic heterocycles. The highest BCUT2D eigenvalue weighted by Crippen LogP contribution is 2.39. The standard InChI is InChI=1S/C18H16F2N2O2S/c19-12-4-3-5-13(10-12)21-16(23)8-9-22-17(24)11-25-18(22)14-6-1-2-7-15(14)20/h1-7,10,18H,8-9,11H2,(H,21,23). The number of benzene rings is 2. The molecular weight excluding hydrogens is 346 g/mol. The van der Waals surface area contributed by atoms with Crippen LogP contribution >= 0.6 is 11.8 Å². The molecule has 1 atom stereocenters. The van der Waals surface area contributed by atoms with Gasteiger partial charge in [-0.1, -0.05) is 24.3 Å². The molecule has 7 heteroatoms. The first-order valence-electron chi connectivity index (χ1n) is 7.75.